The van der Waals surface area contributed by atoms with Crippen molar-refractivity contribution in [1.29, 1.82) is 0 Å². The molecule has 0 aromatic carbocycles. The normalized spacial score (nSPS) is 59.4. The van der Waals surface area contributed by atoms with E-state index in [1.807, 2.05) is 0 Å². The van der Waals surface area contributed by atoms with Crippen LogP contribution >= 0.6 is 15.6 Å². The van der Waals surface area contributed by atoms with Gasteiger partial charge in [-0.3, -0.25) is 0 Å². The van der Waals surface area contributed by atoms with Crippen LogP contribution in [0.15, 0.2) is 0 Å². The lowest BCUT2D eigenvalue weighted by Crippen LogP contribution is -2.38. The summed E-state index contributed by atoms with van der Waals surface area (Å²) < 4.78 is 45.2. The molecule has 0 N–H and O–H groups in total. The fourth-order valence-corrected chi connectivity index (χ4v) is 3.67. The van der Waals surface area contributed by atoms with Crippen molar-refractivity contribution in [3.63, 3.8) is 0 Å². The van der Waals surface area contributed by atoms with Gasteiger partial charge in [-0.1, -0.05) is 0 Å². The highest BCUT2D eigenvalue weighted by atomic mass is 31.3. The minimum absolute atomic E-state index is 0.243. The van der Waals surface area contributed by atoms with Gasteiger partial charge >= 0.3 is 15.6 Å². The van der Waals surface area contributed by atoms with Crippen LogP contribution in [0, 0.1) is 0 Å². The molecule has 6 fully saturated rings. The summed E-state index contributed by atoms with van der Waals surface area (Å²) in [6.07, 6.45) is 0. The molecule has 0 aromatic heterocycles. The average Bonchev–Trinajstić information content (AvgIpc) is 2.01. The molecule has 6 aliphatic heterocycles. The van der Waals surface area contributed by atoms with Crippen molar-refractivity contribution in [2.45, 2.75) is 0 Å². The Morgan fingerprint density at radius 1 is 0.846 bits per heavy atom. The van der Waals surface area contributed by atoms with E-state index in [9.17, 15) is 9.13 Å². The standard InChI is InChI=1S/C2H4N2O7P2/c5-12-7-3(8-12)1-2-4-9-13(6,10-4)11-12/h1-2H2. The topological polar surface area (TPSA) is 86.8 Å². The highest BCUT2D eigenvalue weighted by molar-refractivity contribution is 7.62. The van der Waals surface area contributed by atoms with Gasteiger partial charge in [-0.2, -0.15) is 22.8 Å². The highest BCUT2D eigenvalue weighted by Crippen LogP contribution is 2.75. The summed E-state index contributed by atoms with van der Waals surface area (Å²) in [7, 11) is -7.48. The largest absolute Gasteiger partial charge is 0.521 e. The SMILES string of the molecule is O=P12ON(CCN3OP(=O)(O3)O1)O2. The Labute approximate surface area is 72.1 Å². The molecule has 4 bridgehead atoms. The van der Waals surface area contributed by atoms with E-state index in [4.69, 9.17) is 0 Å². The minimum Gasteiger partial charge on any atom is -0.224 e. The molecule has 6 aliphatic rings. The van der Waals surface area contributed by atoms with Crippen LogP contribution in [-0.4, -0.2) is 23.5 Å². The number of nitrogens with zero attached hydrogens (tertiary/aromatic N) is 2. The predicted molar refractivity (Wildman–Crippen MR) is 34.0 cm³/mol. The first-order valence-electron chi connectivity index (χ1n) is 3.32. The van der Waals surface area contributed by atoms with Crippen LogP contribution in [0.25, 0.3) is 0 Å². The molecule has 6 rings (SSSR count). The van der Waals surface area contributed by atoms with Crippen molar-refractivity contribution in [3.05, 3.63) is 0 Å². The zero-order valence-electron chi connectivity index (χ0n) is 6.06. The monoisotopic (exact) mass is 230 g/mol. The van der Waals surface area contributed by atoms with E-state index in [2.05, 4.69) is 22.8 Å². The van der Waals surface area contributed by atoms with E-state index >= 15 is 0 Å². The van der Waals surface area contributed by atoms with E-state index in [1.54, 1.807) is 0 Å². The zero-order chi connectivity index (χ0) is 9.10. The molecule has 0 aliphatic carbocycles. The first-order valence-corrected chi connectivity index (χ1v) is 6.24. The molecule has 0 aromatic rings. The van der Waals surface area contributed by atoms with Gasteiger partial charge < -0.3 is 0 Å². The zero-order valence-corrected chi connectivity index (χ0v) is 7.85. The van der Waals surface area contributed by atoms with Crippen LogP contribution in [0.5, 0.6) is 0 Å². The van der Waals surface area contributed by atoms with Gasteiger partial charge in [-0.15, -0.1) is 0 Å². The molecule has 0 spiro atoms. The van der Waals surface area contributed by atoms with Gasteiger partial charge in [-0.25, -0.2) is 9.13 Å². The summed E-state index contributed by atoms with van der Waals surface area (Å²) in [6.45, 7) is 0.487. The fourth-order valence-electron chi connectivity index (χ4n) is 0.967. The van der Waals surface area contributed by atoms with Crippen molar-refractivity contribution in [1.82, 2.24) is 10.5 Å². The van der Waals surface area contributed by atoms with Crippen molar-refractivity contribution in [2.75, 3.05) is 13.1 Å². The first-order chi connectivity index (χ1) is 6.07. The second-order valence-electron chi connectivity index (χ2n) is 2.42. The molecule has 11 heteroatoms. The maximum atomic E-state index is 11.2. The van der Waals surface area contributed by atoms with Crippen molar-refractivity contribution < 1.29 is 31.9 Å². The second-order valence-corrected chi connectivity index (χ2v) is 5.51. The molecule has 0 radical (unpaired) electrons. The smallest absolute Gasteiger partial charge is 0.224 e. The number of rotatable bonds is 0. The molecule has 74 valence electrons. The van der Waals surface area contributed by atoms with Gasteiger partial charge in [0, 0.05) is 0 Å². The minimum atomic E-state index is -3.74. The van der Waals surface area contributed by atoms with Crippen LogP contribution < -0.4 is 0 Å². The number of phosphoric acid groups is 2. The summed E-state index contributed by atoms with van der Waals surface area (Å²) in [5.74, 6) is 0. The van der Waals surface area contributed by atoms with Crippen LogP contribution in [0.4, 0.5) is 0 Å². The van der Waals surface area contributed by atoms with Gasteiger partial charge in [0.2, 0.25) is 0 Å². The van der Waals surface area contributed by atoms with Crippen LogP contribution in [-0.2, 0) is 31.9 Å². The molecule has 0 atom stereocenters. The summed E-state index contributed by atoms with van der Waals surface area (Å²) >= 11 is 0. The number of hydrogen-bond acceptors (Lipinski definition) is 9. The van der Waals surface area contributed by atoms with Gasteiger partial charge in [0.25, 0.3) is 0 Å². The third kappa shape index (κ3) is 1.30. The quantitative estimate of drug-likeness (QED) is 0.554. The highest BCUT2D eigenvalue weighted by Gasteiger charge is 2.59. The lowest BCUT2D eigenvalue weighted by atomic mass is 10.7. The van der Waals surface area contributed by atoms with Gasteiger partial charge in [0.05, 0.1) is 13.1 Å². The molecule has 9 nitrogen and oxygen atoms in total. The van der Waals surface area contributed by atoms with Crippen LogP contribution in [0.3, 0.4) is 0 Å². The maximum absolute atomic E-state index is 11.2. The molecule has 6 heterocycles. The number of hydroxylamine groups is 4. The predicted octanol–water partition coefficient (Wildman–Crippen LogP) is 0.590. The van der Waals surface area contributed by atoms with E-state index in [0.29, 0.717) is 0 Å². The van der Waals surface area contributed by atoms with E-state index in [1.165, 1.54) is 0 Å². The van der Waals surface area contributed by atoms with Crippen LogP contribution in [0.1, 0.15) is 0 Å². The Morgan fingerprint density at radius 2 is 1.23 bits per heavy atom. The van der Waals surface area contributed by atoms with E-state index in [0.717, 1.165) is 10.5 Å². The van der Waals surface area contributed by atoms with Crippen molar-refractivity contribution in [3.8, 4) is 0 Å². The Kier molecular flexibility index (Phi) is 1.57. The summed E-state index contributed by atoms with van der Waals surface area (Å²) in [5, 5.41) is 1.89. The Hall–Kier alpha value is 0.180. The third-order valence-corrected chi connectivity index (χ3v) is 4.56. The van der Waals surface area contributed by atoms with E-state index < -0.39 is 15.6 Å². The average molecular weight is 230 g/mol. The lowest BCUT2D eigenvalue weighted by Gasteiger charge is -2.34. The summed E-state index contributed by atoms with van der Waals surface area (Å²) in [4.78, 5) is 0. The first kappa shape index (κ1) is 8.49. The van der Waals surface area contributed by atoms with Crippen molar-refractivity contribution in [2.24, 2.45) is 0 Å². The molecular weight excluding hydrogens is 226 g/mol. The van der Waals surface area contributed by atoms with Crippen molar-refractivity contribution >= 4 is 15.6 Å². The van der Waals surface area contributed by atoms with Gasteiger partial charge in [0.15, 0.2) is 0 Å². The third-order valence-electron chi connectivity index (χ3n) is 1.43. The summed E-state index contributed by atoms with van der Waals surface area (Å²) in [5.41, 5.74) is 0. The number of hydrogen-bond donors (Lipinski definition) is 0. The molecule has 13 heavy (non-hydrogen) atoms. The Balaban J connectivity index is 1.87. The molecule has 6 saturated heterocycles. The Bertz CT molecular complexity index is 291. The van der Waals surface area contributed by atoms with Crippen LogP contribution in [0.2, 0.25) is 0 Å². The van der Waals surface area contributed by atoms with Gasteiger partial charge in [0.1, 0.15) is 0 Å². The van der Waals surface area contributed by atoms with E-state index in [-0.39, 0.29) is 13.1 Å². The lowest BCUT2D eigenvalue weighted by molar-refractivity contribution is -0.363. The molecule has 0 unspecified atom stereocenters. The maximum Gasteiger partial charge on any atom is 0.521 e. The molecule has 0 saturated carbocycles. The summed E-state index contributed by atoms with van der Waals surface area (Å²) in [6, 6.07) is 0. The molecule has 0 amide bonds. The van der Waals surface area contributed by atoms with Gasteiger partial charge in [-0.05, 0) is 10.5 Å². The molecular formula is C2H4N2O7P2. The second kappa shape index (κ2) is 2.40. The fraction of sp³-hybridized carbons (Fsp3) is 1.00. The Morgan fingerprint density at radius 3 is 1.62 bits per heavy atom.